The molecule has 0 bridgehead atoms. The highest BCUT2D eigenvalue weighted by atomic mass is 16.5. The minimum Gasteiger partial charge on any atom is -0.382 e. The zero-order valence-electron chi connectivity index (χ0n) is 17.8. The van der Waals surface area contributed by atoms with Crippen LogP contribution < -0.4 is 5.32 Å². The Kier molecular flexibility index (Phi) is 10.4. The van der Waals surface area contributed by atoms with Crippen LogP contribution in [0.1, 0.15) is 26.7 Å². The van der Waals surface area contributed by atoms with Crippen molar-refractivity contribution in [2.75, 3.05) is 79.9 Å². The summed E-state index contributed by atoms with van der Waals surface area (Å²) in [5, 5.41) is 3.64. The third-order valence-corrected chi connectivity index (χ3v) is 5.38. The van der Waals surface area contributed by atoms with Gasteiger partial charge in [0.15, 0.2) is 5.96 Å². The van der Waals surface area contributed by atoms with Gasteiger partial charge in [0, 0.05) is 58.8 Å². The SMILES string of the molecule is CN=C(NCC(CC(C)C)N1CCOCC1)N1CCC(COCCOC)C1. The summed E-state index contributed by atoms with van der Waals surface area (Å²) in [6.07, 6.45) is 2.35. The first-order valence-corrected chi connectivity index (χ1v) is 10.5. The summed E-state index contributed by atoms with van der Waals surface area (Å²) in [7, 11) is 3.59. The van der Waals surface area contributed by atoms with Gasteiger partial charge in [0.25, 0.3) is 0 Å². The van der Waals surface area contributed by atoms with Crippen LogP contribution in [0.4, 0.5) is 0 Å². The molecule has 7 nitrogen and oxygen atoms in total. The molecular weight excluding hydrogens is 344 g/mol. The average Bonchev–Trinajstić information content (AvgIpc) is 3.14. The van der Waals surface area contributed by atoms with Crippen molar-refractivity contribution in [3.8, 4) is 0 Å². The molecule has 7 heteroatoms. The predicted octanol–water partition coefficient (Wildman–Crippen LogP) is 1.29. The first-order chi connectivity index (χ1) is 13.1. The number of guanidine groups is 1. The second kappa shape index (κ2) is 12.5. The number of nitrogens with zero attached hydrogens (tertiary/aromatic N) is 3. The van der Waals surface area contributed by atoms with Crippen molar-refractivity contribution < 1.29 is 14.2 Å². The van der Waals surface area contributed by atoms with E-state index >= 15 is 0 Å². The van der Waals surface area contributed by atoms with E-state index in [1.807, 2.05) is 7.05 Å². The molecule has 0 spiro atoms. The minimum atomic E-state index is 0.529. The highest BCUT2D eigenvalue weighted by Crippen LogP contribution is 2.17. The van der Waals surface area contributed by atoms with Crippen LogP contribution in [0.25, 0.3) is 0 Å². The molecule has 0 aromatic carbocycles. The molecule has 0 aliphatic carbocycles. The lowest BCUT2D eigenvalue weighted by atomic mass is 10.0. The van der Waals surface area contributed by atoms with Gasteiger partial charge in [-0.25, -0.2) is 0 Å². The first kappa shape index (κ1) is 22.4. The molecule has 27 heavy (non-hydrogen) atoms. The van der Waals surface area contributed by atoms with E-state index in [4.69, 9.17) is 14.2 Å². The second-order valence-corrected chi connectivity index (χ2v) is 8.03. The first-order valence-electron chi connectivity index (χ1n) is 10.5. The van der Waals surface area contributed by atoms with E-state index in [2.05, 4.69) is 34.0 Å². The van der Waals surface area contributed by atoms with Gasteiger partial charge < -0.3 is 24.4 Å². The highest BCUT2D eigenvalue weighted by Gasteiger charge is 2.27. The van der Waals surface area contributed by atoms with Crippen LogP contribution in [0, 0.1) is 11.8 Å². The molecular formula is C20H40N4O3. The lowest BCUT2D eigenvalue weighted by molar-refractivity contribution is 0.0131. The Hall–Kier alpha value is -0.890. The van der Waals surface area contributed by atoms with Gasteiger partial charge in [-0.15, -0.1) is 0 Å². The Labute approximate surface area is 165 Å². The molecule has 2 aliphatic rings. The van der Waals surface area contributed by atoms with Crippen molar-refractivity contribution >= 4 is 5.96 Å². The van der Waals surface area contributed by atoms with Crippen molar-refractivity contribution in [3.05, 3.63) is 0 Å². The van der Waals surface area contributed by atoms with E-state index in [0.29, 0.717) is 31.1 Å². The van der Waals surface area contributed by atoms with Crippen molar-refractivity contribution in [3.63, 3.8) is 0 Å². The van der Waals surface area contributed by atoms with Crippen molar-refractivity contribution in [1.82, 2.24) is 15.1 Å². The van der Waals surface area contributed by atoms with E-state index in [1.54, 1.807) is 7.11 Å². The molecule has 0 amide bonds. The lowest BCUT2D eigenvalue weighted by Crippen LogP contribution is -2.51. The second-order valence-electron chi connectivity index (χ2n) is 8.03. The van der Waals surface area contributed by atoms with E-state index in [-0.39, 0.29) is 0 Å². The topological polar surface area (TPSA) is 58.6 Å². The molecule has 0 saturated carbocycles. The predicted molar refractivity (Wildman–Crippen MR) is 109 cm³/mol. The van der Waals surface area contributed by atoms with Crippen LogP contribution in [-0.2, 0) is 14.2 Å². The minimum absolute atomic E-state index is 0.529. The van der Waals surface area contributed by atoms with Gasteiger partial charge in [-0.2, -0.15) is 0 Å². The normalized spacial score (nSPS) is 23.2. The van der Waals surface area contributed by atoms with Crippen molar-refractivity contribution in [2.45, 2.75) is 32.7 Å². The number of hydrogen-bond donors (Lipinski definition) is 1. The number of hydrogen-bond acceptors (Lipinski definition) is 5. The number of ether oxygens (including phenoxy) is 3. The molecule has 158 valence electrons. The van der Waals surface area contributed by atoms with Crippen LogP contribution in [0.2, 0.25) is 0 Å². The lowest BCUT2D eigenvalue weighted by Gasteiger charge is -2.36. The van der Waals surface area contributed by atoms with E-state index in [0.717, 1.165) is 64.9 Å². The van der Waals surface area contributed by atoms with Crippen LogP contribution in [-0.4, -0.2) is 102 Å². The summed E-state index contributed by atoms with van der Waals surface area (Å²) in [4.78, 5) is 9.48. The zero-order chi connectivity index (χ0) is 19.5. The fourth-order valence-corrected chi connectivity index (χ4v) is 3.94. The molecule has 0 aromatic heterocycles. The van der Waals surface area contributed by atoms with Gasteiger partial charge in [-0.05, 0) is 18.8 Å². The molecule has 2 saturated heterocycles. The molecule has 2 unspecified atom stereocenters. The van der Waals surface area contributed by atoms with E-state index in [1.165, 1.54) is 6.42 Å². The van der Waals surface area contributed by atoms with Gasteiger partial charge in [0.05, 0.1) is 33.0 Å². The number of nitrogens with one attached hydrogen (secondary N) is 1. The standard InChI is InChI=1S/C20H40N4O3/c1-17(2)13-19(23-7-9-26-10-8-23)14-22-20(21-3)24-6-5-18(15-24)16-27-12-11-25-4/h17-19H,5-16H2,1-4H3,(H,21,22). The summed E-state index contributed by atoms with van der Waals surface area (Å²) in [5.74, 6) is 2.28. The summed E-state index contributed by atoms with van der Waals surface area (Å²) in [6, 6.07) is 0.529. The molecule has 2 atom stereocenters. The number of aliphatic imine (C=N–C) groups is 1. The molecule has 1 N–H and O–H groups in total. The summed E-state index contributed by atoms with van der Waals surface area (Å²) in [6.45, 7) is 13.5. The Morgan fingerprint density at radius 1 is 1.22 bits per heavy atom. The van der Waals surface area contributed by atoms with Crippen molar-refractivity contribution in [1.29, 1.82) is 0 Å². The number of likely N-dealkylation sites (tertiary alicyclic amines) is 1. The Balaban J connectivity index is 1.79. The molecule has 2 fully saturated rings. The van der Waals surface area contributed by atoms with E-state index in [9.17, 15) is 0 Å². The Bertz CT molecular complexity index is 427. The fraction of sp³-hybridized carbons (Fsp3) is 0.950. The molecule has 2 aliphatic heterocycles. The third kappa shape index (κ3) is 7.94. The fourth-order valence-electron chi connectivity index (χ4n) is 3.94. The van der Waals surface area contributed by atoms with Gasteiger partial charge >= 0.3 is 0 Å². The maximum absolute atomic E-state index is 5.71. The summed E-state index contributed by atoms with van der Waals surface area (Å²) < 4.78 is 16.3. The third-order valence-electron chi connectivity index (χ3n) is 5.38. The maximum atomic E-state index is 5.71. The van der Waals surface area contributed by atoms with Gasteiger partial charge in [0.2, 0.25) is 0 Å². The van der Waals surface area contributed by atoms with Crippen LogP contribution >= 0.6 is 0 Å². The zero-order valence-corrected chi connectivity index (χ0v) is 17.8. The average molecular weight is 385 g/mol. The van der Waals surface area contributed by atoms with Crippen LogP contribution in [0.15, 0.2) is 4.99 Å². The number of rotatable bonds is 10. The number of methoxy groups -OCH3 is 1. The van der Waals surface area contributed by atoms with Crippen LogP contribution in [0.5, 0.6) is 0 Å². The maximum Gasteiger partial charge on any atom is 0.193 e. The number of morpholine rings is 1. The van der Waals surface area contributed by atoms with Gasteiger partial charge in [-0.1, -0.05) is 13.8 Å². The summed E-state index contributed by atoms with van der Waals surface area (Å²) in [5.41, 5.74) is 0. The quantitative estimate of drug-likeness (QED) is 0.348. The Morgan fingerprint density at radius 2 is 2.00 bits per heavy atom. The van der Waals surface area contributed by atoms with Crippen molar-refractivity contribution in [2.24, 2.45) is 16.8 Å². The smallest absolute Gasteiger partial charge is 0.193 e. The van der Waals surface area contributed by atoms with Crippen LogP contribution in [0.3, 0.4) is 0 Å². The largest absolute Gasteiger partial charge is 0.382 e. The van der Waals surface area contributed by atoms with Gasteiger partial charge in [-0.3, -0.25) is 9.89 Å². The Morgan fingerprint density at radius 3 is 2.67 bits per heavy atom. The van der Waals surface area contributed by atoms with Gasteiger partial charge in [0.1, 0.15) is 0 Å². The molecule has 0 aromatic rings. The van der Waals surface area contributed by atoms with E-state index < -0.39 is 0 Å². The molecule has 0 radical (unpaired) electrons. The highest BCUT2D eigenvalue weighted by molar-refractivity contribution is 5.80. The summed E-state index contributed by atoms with van der Waals surface area (Å²) >= 11 is 0. The molecule has 2 heterocycles. The molecule has 2 rings (SSSR count). The monoisotopic (exact) mass is 384 g/mol.